The molecule has 0 bridgehead atoms. The average Bonchev–Trinajstić information content (AvgIpc) is 1.90. The Morgan fingerprint density at radius 2 is 2.33 bits per heavy atom. The molecule has 0 aromatic heterocycles. The molecule has 0 aromatic rings. The summed E-state index contributed by atoms with van der Waals surface area (Å²) >= 11 is 0. The molecule has 2 nitrogen and oxygen atoms in total. The van der Waals surface area contributed by atoms with Crippen LogP contribution in [0.1, 0.15) is 25.7 Å². The molecule has 0 saturated heterocycles. The highest BCUT2D eigenvalue weighted by Gasteiger charge is 2.19. The minimum atomic E-state index is -0.658. The van der Waals surface area contributed by atoms with Gasteiger partial charge in [-0.15, -0.1) is 0 Å². The second-order valence-corrected chi connectivity index (χ2v) is 2.46. The monoisotopic (exact) mass is 127 g/mol. The maximum absolute atomic E-state index is 10.3. The number of hydrogen-bond acceptors (Lipinski definition) is 1. The van der Waals surface area contributed by atoms with Crippen LogP contribution in [-0.2, 0) is 4.79 Å². The van der Waals surface area contributed by atoms with Gasteiger partial charge in [0.2, 0.25) is 0 Å². The summed E-state index contributed by atoms with van der Waals surface area (Å²) in [5, 5.41) is 8.51. The van der Waals surface area contributed by atoms with Crippen molar-refractivity contribution in [2.75, 3.05) is 0 Å². The molecule has 2 heteroatoms. The van der Waals surface area contributed by atoms with Crippen LogP contribution in [0.3, 0.4) is 0 Å². The number of carboxylic acids is 1. The van der Waals surface area contributed by atoms with Crippen LogP contribution in [0.15, 0.2) is 0 Å². The van der Waals surface area contributed by atoms with Crippen molar-refractivity contribution < 1.29 is 9.90 Å². The zero-order chi connectivity index (χ0) is 6.69. The molecule has 1 aliphatic rings. The zero-order valence-corrected chi connectivity index (χ0v) is 5.34. The van der Waals surface area contributed by atoms with Gasteiger partial charge in [0.05, 0.1) is 5.92 Å². The number of carbonyl (C=O) groups is 1. The van der Waals surface area contributed by atoms with Gasteiger partial charge in [-0.25, -0.2) is 0 Å². The van der Waals surface area contributed by atoms with E-state index < -0.39 is 5.97 Å². The maximum atomic E-state index is 10.3. The quantitative estimate of drug-likeness (QED) is 0.579. The maximum Gasteiger partial charge on any atom is 0.306 e. The Morgan fingerprint density at radius 3 is 2.67 bits per heavy atom. The predicted molar refractivity (Wildman–Crippen MR) is 33.9 cm³/mol. The number of hydrogen-bond donors (Lipinski definition) is 1. The summed E-state index contributed by atoms with van der Waals surface area (Å²) < 4.78 is 0. The van der Waals surface area contributed by atoms with Crippen molar-refractivity contribution in [3.8, 4) is 0 Å². The first-order valence-corrected chi connectivity index (χ1v) is 3.37. The standard InChI is InChI=1S/C7H11O2/c8-7(9)6-4-2-1-3-5-6/h4,6H,1-3,5H2,(H,8,9)/t6-/m1/s1. The van der Waals surface area contributed by atoms with E-state index in [0.29, 0.717) is 0 Å². The van der Waals surface area contributed by atoms with Crippen molar-refractivity contribution in [2.24, 2.45) is 5.92 Å². The molecule has 1 fully saturated rings. The van der Waals surface area contributed by atoms with Crippen molar-refractivity contribution in [1.29, 1.82) is 0 Å². The third kappa shape index (κ3) is 1.70. The van der Waals surface area contributed by atoms with E-state index >= 15 is 0 Å². The van der Waals surface area contributed by atoms with Crippen LogP contribution in [0, 0.1) is 12.3 Å². The summed E-state index contributed by atoms with van der Waals surface area (Å²) in [5.41, 5.74) is 0. The van der Waals surface area contributed by atoms with Gasteiger partial charge in [0.15, 0.2) is 0 Å². The molecule has 1 N–H and O–H groups in total. The number of rotatable bonds is 1. The normalized spacial score (nSPS) is 21.8. The molecule has 0 aliphatic heterocycles. The molecule has 0 spiro atoms. The topological polar surface area (TPSA) is 37.3 Å². The molecule has 0 unspecified atom stereocenters. The lowest BCUT2D eigenvalue weighted by Crippen LogP contribution is -2.16. The van der Waals surface area contributed by atoms with E-state index in [1.807, 2.05) is 6.42 Å². The lowest BCUT2D eigenvalue weighted by molar-refractivity contribution is -0.141. The van der Waals surface area contributed by atoms with E-state index in [1.54, 1.807) is 0 Å². The first-order valence-electron chi connectivity index (χ1n) is 3.37. The van der Waals surface area contributed by atoms with E-state index in [-0.39, 0.29) is 5.92 Å². The number of carboxylic acid groups (broad SMARTS) is 1. The molecule has 1 atom stereocenters. The van der Waals surface area contributed by atoms with Gasteiger partial charge >= 0.3 is 5.97 Å². The van der Waals surface area contributed by atoms with Crippen molar-refractivity contribution in [3.63, 3.8) is 0 Å². The second-order valence-electron chi connectivity index (χ2n) is 2.46. The third-order valence-electron chi connectivity index (χ3n) is 1.74. The molecule has 0 amide bonds. The van der Waals surface area contributed by atoms with E-state index in [0.717, 1.165) is 19.3 Å². The molecule has 0 aromatic carbocycles. The Kier molecular flexibility index (Phi) is 2.09. The highest BCUT2D eigenvalue weighted by molar-refractivity contribution is 5.71. The van der Waals surface area contributed by atoms with E-state index in [4.69, 9.17) is 5.11 Å². The third-order valence-corrected chi connectivity index (χ3v) is 1.74. The van der Waals surface area contributed by atoms with Crippen LogP contribution in [-0.4, -0.2) is 11.1 Å². The van der Waals surface area contributed by atoms with Crippen molar-refractivity contribution in [1.82, 2.24) is 0 Å². The fourth-order valence-corrected chi connectivity index (χ4v) is 1.17. The van der Waals surface area contributed by atoms with Crippen molar-refractivity contribution in [2.45, 2.75) is 25.7 Å². The SMILES string of the molecule is O=C(O)[C@@H]1[CH]CCCC1. The highest BCUT2D eigenvalue weighted by Crippen LogP contribution is 2.22. The van der Waals surface area contributed by atoms with Gasteiger partial charge in [-0.1, -0.05) is 12.8 Å². The first kappa shape index (κ1) is 6.59. The molecular weight excluding hydrogens is 116 g/mol. The minimum absolute atomic E-state index is 0.154. The first-order chi connectivity index (χ1) is 4.30. The van der Waals surface area contributed by atoms with Crippen LogP contribution in [0.2, 0.25) is 0 Å². The number of aliphatic carboxylic acids is 1. The average molecular weight is 127 g/mol. The largest absolute Gasteiger partial charge is 0.481 e. The molecule has 51 valence electrons. The summed E-state index contributed by atoms with van der Waals surface area (Å²) in [4.78, 5) is 10.3. The molecule has 1 radical (unpaired) electrons. The summed E-state index contributed by atoms with van der Waals surface area (Å²) in [5.74, 6) is -0.812. The Bertz CT molecular complexity index is 103. The Labute approximate surface area is 54.9 Å². The highest BCUT2D eigenvalue weighted by atomic mass is 16.4. The lowest BCUT2D eigenvalue weighted by atomic mass is 9.90. The van der Waals surface area contributed by atoms with Gasteiger partial charge in [-0.2, -0.15) is 0 Å². The predicted octanol–water partition coefficient (Wildman–Crippen LogP) is 1.47. The fourth-order valence-electron chi connectivity index (χ4n) is 1.17. The minimum Gasteiger partial charge on any atom is -0.481 e. The van der Waals surface area contributed by atoms with Gasteiger partial charge < -0.3 is 5.11 Å². The van der Waals surface area contributed by atoms with E-state index in [9.17, 15) is 4.79 Å². The van der Waals surface area contributed by atoms with Crippen LogP contribution < -0.4 is 0 Å². The smallest absolute Gasteiger partial charge is 0.306 e. The van der Waals surface area contributed by atoms with Gasteiger partial charge in [0.1, 0.15) is 0 Å². The van der Waals surface area contributed by atoms with Crippen LogP contribution in [0.4, 0.5) is 0 Å². The van der Waals surface area contributed by atoms with Crippen LogP contribution >= 0.6 is 0 Å². The van der Waals surface area contributed by atoms with E-state index in [2.05, 4.69) is 0 Å². The Balaban J connectivity index is 2.31. The second kappa shape index (κ2) is 2.85. The van der Waals surface area contributed by atoms with E-state index in [1.165, 1.54) is 6.42 Å². The van der Waals surface area contributed by atoms with Crippen molar-refractivity contribution in [3.05, 3.63) is 6.42 Å². The van der Waals surface area contributed by atoms with Gasteiger partial charge in [0.25, 0.3) is 0 Å². The molecule has 9 heavy (non-hydrogen) atoms. The summed E-state index contributed by atoms with van der Waals surface area (Å²) in [6.45, 7) is 0. The van der Waals surface area contributed by atoms with Crippen LogP contribution in [0.5, 0.6) is 0 Å². The summed E-state index contributed by atoms with van der Waals surface area (Å²) in [7, 11) is 0. The molecule has 0 heterocycles. The fraction of sp³-hybridized carbons (Fsp3) is 0.714. The molecular formula is C7H11O2. The Hall–Kier alpha value is -0.530. The molecule has 1 saturated carbocycles. The summed E-state index contributed by atoms with van der Waals surface area (Å²) in [6.07, 6.45) is 5.98. The molecule has 1 aliphatic carbocycles. The van der Waals surface area contributed by atoms with Gasteiger partial charge in [0, 0.05) is 0 Å². The molecule has 1 rings (SSSR count). The lowest BCUT2D eigenvalue weighted by Gasteiger charge is -2.15. The van der Waals surface area contributed by atoms with Crippen LogP contribution in [0.25, 0.3) is 0 Å². The van der Waals surface area contributed by atoms with Gasteiger partial charge in [-0.3, -0.25) is 4.79 Å². The van der Waals surface area contributed by atoms with Gasteiger partial charge in [-0.05, 0) is 19.3 Å². The Morgan fingerprint density at radius 1 is 1.56 bits per heavy atom. The summed E-state index contributed by atoms with van der Waals surface area (Å²) in [6, 6.07) is 0. The van der Waals surface area contributed by atoms with Crippen molar-refractivity contribution >= 4 is 5.97 Å². The zero-order valence-electron chi connectivity index (χ0n) is 5.34.